The van der Waals surface area contributed by atoms with Gasteiger partial charge in [0.25, 0.3) is 0 Å². The van der Waals surface area contributed by atoms with Crippen LogP contribution in [0.5, 0.6) is 11.5 Å². The molecule has 1 unspecified atom stereocenters. The number of hydrogen-bond donors (Lipinski definition) is 1. The van der Waals surface area contributed by atoms with Crippen molar-refractivity contribution in [3.05, 3.63) is 28.7 Å². The van der Waals surface area contributed by atoms with Crippen molar-refractivity contribution in [3.8, 4) is 11.5 Å². The fourth-order valence-corrected chi connectivity index (χ4v) is 4.86. The van der Waals surface area contributed by atoms with Gasteiger partial charge < -0.3 is 25.0 Å². The van der Waals surface area contributed by atoms with Crippen molar-refractivity contribution < 1.29 is 14.3 Å². The lowest BCUT2D eigenvalue weighted by atomic mass is 9.82. The molecule has 0 radical (unpaired) electrons. The number of Topliss-reactive ketones (excluding diaryl/α,β-unsaturated/α-hetero) is 1. The highest BCUT2D eigenvalue weighted by atomic mass is 35.5. The quantitative estimate of drug-likeness (QED) is 0.651. The smallest absolute Gasteiger partial charge is 0.223 e. The van der Waals surface area contributed by atoms with Crippen molar-refractivity contribution in [1.82, 2.24) is 19.9 Å². The zero-order valence-corrected chi connectivity index (χ0v) is 19.4. The number of ether oxygens (including phenoxy) is 2. The number of carbonyl (C=O) groups excluding carboxylic acids is 1. The second-order valence-electron chi connectivity index (χ2n) is 8.53. The van der Waals surface area contributed by atoms with E-state index in [9.17, 15) is 4.79 Å². The molecular formula is C22H29ClN6O3. The van der Waals surface area contributed by atoms with Crippen molar-refractivity contribution in [2.24, 2.45) is 11.8 Å². The number of nitrogens with two attached hydrogens (primary N) is 1. The van der Waals surface area contributed by atoms with Crippen molar-refractivity contribution in [2.45, 2.75) is 25.8 Å². The Bertz CT molecular complexity index is 996. The van der Waals surface area contributed by atoms with Crippen molar-refractivity contribution in [2.75, 3.05) is 51.5 Å². The number of rotatable bonds is 6. The number of piperidine rings is 1. The molecule has 4 heterocycles. The van der Waals surface area contributed by atoms with Gasteiger partial charge >= 0.3 is 0 Å². The summed E-state index contributed by atoms with van der Waals surface area (Å²) in [6.45, 7) is 3.07. The third-order valence-corrected chi connectivity index (χ3v) is 6.63. The maximum atomic E-state index is 13.4. The highest BCUT2D eigenvalue weighted by Gasteiger charge is 2.37. The van der Waals surface area contributed by atoms with Gasteiger partial charge in [-0.05, 0) is 45.3 Å². The Balaban J connectivity index is 1.63. The number of ketones is 1. The van der Waals surface area contributed by atoms with Crippen LogP contribution in [0.2, 0.25) is 5.15 Å². The monoisotopic (exact) mass is 460 g/mol. The van der Waals surface area contributed by atoms with Crippen LogP contribution in [0, 0.1) is 11.8 Å². The van der Waals surface area contributed by atoms with E-state index < -0.39 is 0 Å². The predicted octanol–water partition coefficient (Wildman–Crippen LogP) is 2.68. The molecule has 0 spiro atoms. The van der Waals surface area contributed by atoms with Crippen LogP contribution in [0.3, 0.4) is 0 Å². The minimum Gasteiger partial charge on any atom is -0.493 e. The molecular weight excluding hydrogens is 432 g/mol. The Hall–Kier alpha value is -2.65. The van der Waals surface area contributed by atoms with Crippen molar-refractivity contribution >= 4 is 29.2 Å². The second-order valence-corrected chi connectivity index (χ2v) is 8.88. The summed E-state index contributed by atoms with van der Waals surface area (Å²) >= 11 is 6.39. The lowest BCUT2D eigenvalue weighted by molar-refractivity contribution is 0.0877. The van der Waals surface area contributed by atoms with Gasteiger partial charge in [0.1, 0.15) is 11.0 Å². The lowest BCUT2D eigenvalue weighted by Crippen LogP contribution is -2.42. The molecule has 1 saturated heterocycles. The van der Waals surface area contributed by atoms with Gasteiger partial charge in [-0.1, -0.05) is 11.6 Å². The molecule has 0 aliphatic carbocycles. The number of anilines is 2. The minimum absolute atomic E-state index is 0.000415. The van der Waals surface area contributed by atoms with Gasteiger partial charge in [0, 0.05) is 18.5 Å². The highest BCUT2D eigenvalue weighted by molar-refractivity contribution is 6.34. The lowest BCUT2D eigenvalue weighted by Gasteiger charge is -2.37. The van der Waals surface area contributed by atoms with E-state index in [1.807, 2.05) is 11.0 Å². The van der Waals surface area contributed by atoms with E-state index in [1.54, 1.807) is 20.4 Å². The van der Waals surface area contributed by atoms with Crippen LogP contribution in [0.25, 0.3) is 0 Å². The average molecular weight is 461 g/mol. The first-order valence-corrected chi connectivity index (χ1v) is 11.1. The van der Waals surface area contributed by atoms with Gasteiger partial charge in [0.15, 0.2) is 17.3 Å². The molecule has 1 atom stereocenters. The van der Waals surface area contributed by atoms with E-state index in [2.05, 4.69) is 26.9 Å². The molecule has 2 aliphatic heterocycles. The van der Waals surface area contributed by atoms with Crippen LogP contribution in [0.4, 0.5) is 11.8 Å². The molecule has 9 nitrogen and oxygen atoms in total. The zero-order valence-electron chi connectivity index (χ0n) is 18.7. The third kappa shape index (κ3) is 4.59. The van der Waals surface area contributed by atoms with E-state index in [0.29, 0.717) is 41.9 Å². The highest BCUT2D eigenvalue weighted by Crippen LogP contribution is 2.37. The Labute approximate surface area is 192 Å². The molecule has 2 N–H and O–H groups in total. The number of carbonyl (C=O) groups is 1. The Morgan fingerprint density at radius 2 is 1.91 bits per heavy atom. The summed E-state index contributed by atoms with van der Waals surface area (Å²) in [6.07, 6.45) is 4.64. The van der Waals surface area contributed by atoms with Gasteiger partial charge in [-0.15, -0.1) is 0 Å². The van der Waals surface area contributed by atoms with Gasteiger partial charge in [0.2, 0.25) is 5.95 Å². The molecule has 32 heavy (non-hydrogen) atoms. The topological polar surface area (TPSA) is 107 Å². The van der Waals surface area contributed by atoms with E-state index in [0.717, 1.165) is 38.0 Å². The van der Waals surface area contributed by atoms with Crippen LogP contribution >= 0.6 is 11.6 Å². The van der Waals surface area contributed by atoms with Gasteiger partial charge in [-0.25, -0.2) is 4.98 Å². The fourth-order valence-electron chi connectivity index (χ4n) is 4.60. The molecule has 172 valence electrons. The van der Waals surface area contributed by atoms with Crippen LogP contribution in [-0.4, -0.2) is 66.5 Å². The molecule has 2 aromatic rings. The molecule has 1 fully saturated rings. The standard InChI is InChI=1S/C22H29ClN6O3/c1-28-6-4-13(5-7-28)8-14-11-29(12-15-9-16(31-2)17(32-3)10-25-15)21-18(19(14)30)20(23)26-22(24)27-21/h9-10,13-14H,4-8,11-12H2,1-3H3,(H2,24,26,27). The summed E-state index contributed by atoms with van der Waals surface area (Å²) in [5.41, 5.74) is 6.97. The molecule has 0 aromatic carbocycles. The van der Waals surface area contributed by atoms with E-state index in [4.69, 9.17) is 26.8 Å². The SMILES string of the molecule is COc1cnc(CN2CC(CC3CCN(C)CC3)C(=O)c3c(Cl)nc(N)nc32)cc1OC. The normalized spacial score (nSPS) is 19.7. The number of fused-ring (bicyclic) bond motifs is 1. The number of hydrogen-bond acceptors (Lipinski definition) is 9. The van der Waals surface area contributed by atoms with Gasteiger partial charge in [-0.2, -0.15) is 4.98 Å². The molecule has 2 aliphatic rings. The van der Waals surface area contributed by atoms with Crippen LogP contribution in [0.1, 0.15) is 35.3 Å². The number of nitrogens with zero attached hydrogens (tertiary/aromatic N) is 5. The van der Waals surface area contributed by atoms with Crippen molar-refractivity contribution in [3.63, 3.8) is 0 Å². The van der Waals surface area contributed by atoms with Crippen molar-refractivity contribution in [1.29, 1.82) is 0 Å². The number of aromatic nitrogens is 3. The first-order valence-electron chi connectivity index (χ1n) is 10.8. The Kier molecular flexibility index (Phi) is 6.66. The summed E-state index contributed by atoms with van der Waals surface area (Å²) in [6, 6.07) is 1.83. The maximum absolute atomic E-state index is 13.4. The summed E-state index contributed by atoms with van der Waals surface area (Å²) < 4.78 is 10.7. The first kappa shape index (κ1) is 22.5. The summed E-state index contributed by atoms with van der Waals surface area (Å²) in [5, 5.41) is 0.107. The Morgan fingerprint density at radius 1 is 1.19 bits per heavy atom. The maximum Gasteiger partial charge on any atom is 0.223 e. The number of pyridine rings is 1. The second kappa shape index (κ2) is 9.46. The summed E-state index contributed by atoms with van der Waals surface area (Å²) in [4.78, 5) is 30.6. The summed E-state index contributed by atoms with van der Waals surface area (Å²) in [5.74, 6) is 1.98. The molecule has 4 rings (SSSR count). The molecule has 0 bridgehead atoms. The summed E-state index contributed by atoms with van der Waals surface area (Å²) in [7, 11) is 5.29. The van der Waals surface area contributed by atoms with Gasteiger partial charge in [-0.3, -0.25) is 9.78 Å². The molecule has 2 aromatic heterocycles. The number of methoxy groups -OCH3 is 2. The number of halogens is 1. The predicted molar refractivity (Wildman–Crippen MR) is 123 cm³/mol. The fraction of sp³-hybridized carbons (Fsp3) is 0.545. The molecule has 0 saturated carbocycles. The first-order chi connectivity index (χ1) is 15.4. The van der Waals surface area contributed by atoms with Gasteiger partial charge in [0.05, 0.1) is 38.2 Å². The molecule has 0 amide bonds. The number of nitrogen functional groups attached to an aromatic ring is 1. The van der Waals surface area contributed by atoms with E-state index in [1.165, 1.54) is 0 Å². The van der Waals surface area contributed by atoms with Crippen LogP contribution in [-0.2, 0) is 6.54 Å². The number of likely N-dealkylation sites (tertiary alicyclic amines) is 1. The average Bonchev–Trinajstić information content (AvgIpc) is 2.77. The van der Waals surface area contributed by atoms with E-state index >= 15 is 0 Å². The Morgan fingerprint density at radius 3 is 2.59 bits per heavy atom. The largest absolute Gasteiger partial charge is 0.493 e. The van der Waals surface area contributed by atoms with Crippen LogP contribution < -0.4 is 20.1 Å². The minimum atomic E-state index is -0.180. The molecule has 10 heteroatoms. The van der Waals surface area contributed by atoms with Crippen LogP contribution in [0.15, 0.2) is 12.3 Å². The third-order valence-electron chi connectivity index (χ3n) is 6.36. The zero-order chi connectivity index (χ0) is 22.8. The van der Waals surface area contributed by atoms with E-state index in [-0.39, 0.29) is 22.8 Å².